The zero-order valence-corrected chi connectivity index (χ0v) is 7.81. The van der Waals surface area contributed by atoms with Crippen molar-refractivity contribution in [2.24, 2.45) is 5.11 Å². The van der Waals surface area contributed by atoms with Gasteiger partial charge >= 0.3 is 7.12 Å². The molecule has 0 saturated heterocycles. The number of anilines is 1. The second-order valence-corrected chi connectivity index (χ2v) is 2.71. The van der Waals surface area contributed by atoms with Crippen LogP contribution in [-0.4, -0.2) is 35.4 Å². The number of halogens is 1. The highest BCUT2D eigenvalue weighted by Gasteiger charge is 2.15. The number of nitrogens with one attached hydrogen (secondary N) is 2. The molecule has 1 aromatic heterocycles. The molecule has 15 heavy (non-hydrogen) atoms. The van der Waals surface area contributed by atoms with Crippen LogP contribution in [-0.2, 0) is 0 Å². The molecule has 6 nitrogen and oxygen atoms in total. The summed E-state index contributed by atoms with van der Waals surface area (Å²) in [5, 5.41) is 23.5. The van der Waals surface area contributed by atoms with E-state index < -0.39 is 13.8 Å². The van der Waals surface area contributed by atoms with Crippen LogP contribution in [0.4, 0.5) is 15.9 Å². The summed E-state index contributed by atoms with van der Waals surface area (Å²) in [6.07, 6.45) is 0. The molecule has 0 bridgehead atoms. The molecule has 0 aromatic carbocycles. The van der Waals surface area contributed by atoms with Gasteiger partial charge in [0.25, 0.3) is 0 Å². The maximum absolute atomic E-state index is 11.9. The summed E-state index contributed by atoms with van der Waals surface area (Å²) in [4.78, 5) is 3.79. The molecule has 0 aliphatic rings. The van der Waals surface area contributed by atoms with Crippen molar-refractivity contribution in [3.8, 4) is 0 Å². The van der Waals surface area contributed by atoms with E-state index in [2.05, 4.69) is 15.4 Å². The van der Waals surface area contributed by atoms with Crippen LogP contribution in [0.1, 0.15) is 0 Å². The normalized spacial score (nSPS) is 9.80. The van der Waals surface area contributed by atoms with Gasteiger partial charge in [-0.25, -0.2) is 14.9 Å². The molecule has 0 fully saturated rings. The first-order chi connectivity index (χ1) is 7.19. The van der Waals surface area contributed by atoms with Gasteiger partial charge in [-0.3, -0.25) is 0 Å². The van der Waals surface area contributed by atoms with Gasteiger partial charge in [-0.15, -0.1) is 0 Å². The largest absolute Gasteiger partial charge is 0.508 e. The topological polar surface area (TPSA) is 102 Å². The summed E-state index contributed by atoms with van der Waals surface area (Å²) < 4.78 is 11.9. The van der Waals surface area contributed by atoms with Gasteiger partial charge in [-0.1, -0.05) is 0 Å². The van der Waals surface area contributed by atoms with Gasteiger partial charge in [-0.05, 0) is 12.1 Å². The van der Waals surface area contributed by atoms with Gasteiger partial charge in [0, 0.05) is 6.54 Å². The van der Waals surface area contributed by atoms with Crippen molar-refractivity contribution in [3.63, 3.8) is 0 Å². The van der Waals surface area contributed by atoms with E-state index in [9.17, 15) is 4.39 Å². The molecule has 8 heteroatoms. The van der Waals surface area contributed by atoms with E-state index in [0.717, 1.165) is 0 Å². The third kappa shape index (κ3) is 2.96. The molecular formula is C7H10BFN4O2. The summed E-state index contributed by atoms with van der Waals surface area (Å²) >= 11 is 0. The van der Waals surface area contributed by atoms with Crippen molar-refractivity contribution in [2.45, 2.75) is 0 Å². The summed E-state index contributed by atoms with van der Waals surface area (Å²) in [6, 6.07) is 2.73. The number of nitrogens with zero attached hydrogens (tertiary/aromatic N) is 2. The van der Waals surface area contributed by atoms with Crippen molar-refractivity contribution in [2.75, 3.05) is 18.5 Å². The minimum Gasteiger partial charge on any atom is -0.422 e. The van der Waals surface area contributed by atoms with Crippen molar-refractivity contribution >= 4 is 24.2 Å². The lowest BCUT2D eigenvalue weighted by molar-refractivity contribution is 0.424. The highest BCUT2D eigenvalue weighted by molar-refractivity contribution is 6.57. The SMILES string of the molecule is N=Nc1ccc(B(O)O)nc1NCCF. The maximum atomic E-state index is 11.9. The Kier molecular flexibility index (Phi) is 4.13. The Labute approximate surface area is 85.8 Å². The predicted octanol–water partition coefficient (Wildman–Crippen LogP) is -0.195. The first-order valence-corrected chi connectivity index (χ1v) is 4.23. The van der Waals surface area contributed by atoms with Crippen molar-refractivity contribution in [1.29, 1.82) is 5.53 Å². The number of aromatic nitrogens is 1. The number of hydrogen-bond donors (Lipinski definition) is 4. The molecule has 0 saturated carbocycles. The van der Waals surface area contributed by atoms with Gasteiger partial charge in [-0.2, -0.15) is 5.11 Å². The molecule has 0 aliphatic heterocycles. The molecule has 0 radical (unpaired) electrons. The van der Waals surface area contributed by atoms with Crippen LogP contribution in [0.15, 0.2) is 17.2 Å². The lowest BCUT2D eigenvalue weighted by atomic mass is 9.85. The van der Waals surface area contributed by atoms with Crippen LogP contribution in [0, 0.1) is 5.53 Å². The monoisotopic (exact) mass is 212 g/mol. The van der Waals surface area contributed by atoms with E-state index in [1.807, 2.05) is 0 Å². The molecule has 0 unspecified atom stereocenters. The van der Waals surface area contributed by atoms with Crippen LogP contribution < -0.4 is 10.9 Å². The zero-order valence-electron chi connectivity index (χ0n) is 7.81. The molecule has 80 valence electrons. The fourth-order valence-electron chi connectivity index (χ4n) is 0.997. The molecule has 0 amide bonds. The smallest absolute Gasteiger partial charge is 0.422 e. The Morgan fingerprint density at radius 2 is 2.27 bits per heavy atom. The second kappa shape index (κ2) is 5.37. The van der Waals surface area contributed by atoms with Crippen LogP contribution in [0.3, 0.4) is 0 Å². The average molecular weight is 212 g/mol. The first kappa shape index (κ1) is 11.5. The second-order valence-electron chi connectivity index (χ2n) is 2.71. The van der Waals surface area contributed by atoms with E-state index in [1.54, 1.807) is 0 Å². The number of alkyl halides is 1. The number of rotatable bonds is 5. The Morgan fingerprint density at radius 1 is 1.53 bits per heavy atom. The van der Waals surface area contributed by atoms with Gasteiger partial charge in [0.1, 0.15) is 12.4 Å². The lowest BCUT2D eigenvalue weighted by Crippen LogP contribution is -2.33. The van der Waals surface area contributed by atoms with E-state index in [0.29, 0.717) is 0 Å². The minimum absolute atomic E-state index is 0.0174. The molecule has 0 spiro atoms. The summed E-state index contributed by atoms with van der Waals surface area (Å²) in [5.41, 5.74) is 7.06. The first-order valence-electron chi connectivity index (χ1n) is 4.23. The van der Waals surface area contributed by atoms with E-state index in [-0.39, 0.29) is 23.6 Å². The molecular weight excluding hydrogens is 202 g/mol. The van der Waals surface area contributed by atoms with E-state index in [4.69, 9.17) is 15.6 Å². The Bertz CT molecular complexity index is 350. The zero-order chi connectivity index (χ0) is 11.3. The van der Waals surface area contributed by atoms with Crippen LogP contribution >= 0.6 is 0 Å². The van der Waals surface area contributed by atoms with Crippen LogP contribution in [0.25, 0.3) is 0 Å². The standard InChI is InChI=1S/C7H10BFN4O2/c9-3-4-11-7-5(13-10)1-2-6(12-7)8(14)15/h1-2,10,14-15H,3-4H2,(H,11,12). The van der Waals surface area contributed by atoms with Gasteiger partial charge in [0.2, 0.25) is 0 Å². The highest BCUT2D eigenvalue weighted by Crippen LogP contribution is 2.19. The summed E-state index contributed by atoms with van der Waals surface area (Å²) in [6.45, 7) is -0.564. The maximum Gasteiger partial charge on any atom is 0.508 e. The Hall–Kier alpha value is -1.54. The summed E-state index contributed by atoms with van der Waals surface area (Å²) in [7, 11) is -1.70. The van der Waals surface area contributed by atoms with Gasteiger partial charge in [0.15, 0.2) is 5.82 Å². The van der Waals surface area contributed by atoms with E-state index >= 15 is 0 Å². The molecule has 4 N–H and O–H groups in total. The van der Waals surface area contributed by atoms with Crippen molar-refractivity contribution in [1.82, 2.24) is 4.98 Å². The fourth-order valence-corrected chi connectivity index (χ4v) is 0.997. The third-order valence-electron chi connectivity index (χ3n) is 1.67. The molecule has 1 rings (SSSR count). The molecule has 0 atom stereocenters. The Morgan fingerprint density at radius 3 is 2.80 bits per heavy atom. The number of pyridine rings is 1. The predicted molar refractivity (Wildman–Crippen MR) is 53.3 cm³/mol. The average Bonchev–Trinajstić information content (AvgIpc) is 2.25. The minimum atomic E-state index is -1.70. The lowest BCUT2D eigenvalue weighted by Gasteiger charge is -2.07. The van der Waals surface area contributed by atoms with Crippen LogP contribution in [0.5, 0.6) is 0 Å². The summed E-state index contributed by atoms with van der Waals surface area (Å²) in [5.74, 6) is 0.160. The molecule has 1 heterocycles. The molecule has 0 aliphatic carbocycles. The highest BCUT2D eigenvalue weighted by atomic mass is 19.1. The van der Waals surface area contributed by atoms with Crippen molar-refractivity contribution in [3.05, 3.63) is 12.1 Å². The van der Waals surface area contributed by atoms with E-state index in [1.165, 1.54) is 12.1 Å². The fraction of sp³-hybridized carbons (Fsp3) is 0.286. The van der Waals surface area contributed by atoms with Crippen LogP contribution in [0.2, 0.25) is 0 Å². The molecule has 1 aromatic rings. The third-order valence-corrected chi connectivity index (χ3v) is 1.67. The Balaban J connectivity index is 2.96. The van der Waals surface area contributed by atoms with Gasteiger partial charge < -0.3 is 15.4 Å². The van der Waals surface area contributed by atoms with Gasteiger partial charge in [0.05, 0.1) is 5.59 Å². The van der Waals surface area contributed by atoms with Crippen molar-refractivity contribution < 1.29 is 14.4 Å². The quantitative estimate of drug-likeness (QED) is 0.401. The number of hydrogen-bond acceptors (Lipinski definition) is 6.